The summed E-state index contributed by atoms with van der Waals surface area (Å²) in [6.45, 7) is 4.47. The molecule has 1 aliphatic heterocycles. The first-order valence-electron chi connectivity index (χ1n) is 9.66. The van der Waals surface area contributed by atoms with Crippen molar-refractivity contribution < 1.29 is 9.47 Å². The van der Waals surface area contributed by atoms with Crippen molar-refractivity contribution in [1.29, 1.82) is 0 Å². The normalized spacial score (nSPS) is 12.4. The van der Waals surface area contributed by atoms with Gasteiger partial charge in [-0.15, -0.1) is 24.0 Å². The summed E-state index contributed by atoms with van der Waals surface area (Å²) in [5.74, 6) is 3.24. The second-order valence-electron chi connectivity index (χ2n) is 6.55. The predicted octanol–water partition coefficient (Wildman–Crippen LogP) is 2.91. The highest BCUT2D eigenvalue weighted by molar-refractivity contribution is 14.0. The van der Waals surface area contributed by atoms with Crippen molar-refractivity contribution >= 4 is 29.9 Å². The summed E-state index contributed by atoms with van der Waals surface area (Å²) >= 11 is 0. The summed E-state index contributed by atoms with van der Waals surface area (Å²) in [6, 6.07) is 10.0. The third-order valence-electron chi connectivity index (χ3n) is 4.49. The van der Waals surface area contributed by atoms with Crippen LogP contribution in [0.25, 0.3) is 5.82 Å². The smallest absolute Gasteiger partial charge is 0.231 e. The van der Waals surface area contributed by atoms with E-state index in [1.165, 1.54) is 5.56 Å². The van der Waals surface area contributed by atoms with E-state index in [1.807, 2.05) is 35.0 Å². The summed E-state index contributed by atoms with van der Waals surface area (Å²) in [5.41, 5.74) is 2.27. The lowest BCUT2D eigenvalue weighted by Gasteiger charge is -2.12. The van der Waals surface area contributed by atoms with Gasteiger partial charge in [0.05, 0.1) is 6.54 Å². The van der Waals surface area contributed by atoms with E-state index < -0.39 is 0 Å². The number of hydrogen-bond donors (Lipinski definition) is 2. The maximum atomic E-state index is 5.44. The van der Waals surface area contributed by atoms with Gasteiger partial charge in [0, 0.05) is 31.7 Å². The van der Waals surface area contributed by atoms with Crippen LogP contribution in [0, 0.1) is 0 Å². The molecule has 2 aromatic heterocycles. The molecule has 0 amide bonds. The summed E-state index contributed by atoms with van der Waals surface area (Å²) in [5, 5.41) is 6.67. The van der Waals surface area contributed by atoms with Gasteiger partial charge in [-0.3, -0.25) is 4.57 Å². The Morgan fingerprint density at radius 3 is 2.83 bits per heavy atom. The summed E-state index contributed by atoms with van der Waals surface area (Å²) in [4.78, 5) is 13.1. The van der Waals surface area contributed by atoms with E-state index in [9.17, 15) is 0 Å². The van der Waals surface area contributed by atoms with E-state index in [-0.39, 0.29) is 24.0 Å². The number of rotatable bonds is 7. The molecule has 8 nitrogen and oxygen atoms in total. The van der Waals surface area contributed by atoms with Gasteiger partial charge >= 0.3 is 0 Å². The summed E-state index contributed by atoms with van der Waals surface area (Å²) < 4.78 is 12.7. The van der Waals surface area contributed by atoms with E-state index >= 15 is 0 Å². The highest BCUT2D eigenvalue weighted by Crippen LogP contribution is 2.32. The predicted molar refractivity (Wildman–Crippen MR) is 126 cm³/mol. The number of benzene rings is 1. The average Bonchev–Trinajstić information content (AvgIpc) is 3.44. The second-order valence-corrected chi connectivity index (χ2v) is 6.55. The van der Waals surface area contributed by atoms with E-state index in [2.05, 4.69) is 33.6 Å². The van der Waals surface area contributed by atoms with Crippen molar-refractivity contribution in [3.8, 4) is 17.3 Å². The lowest BCUT2D eigenvalue weighted by atomic mass is 10.1. The number of aromatic nitrogens is 3. The minimum atomic E-state index is 0. The highest BCUT2D eigenvalue weighted by atomic mass is 127. The first kappa shape index (κ1) is 21.9. The van der Waals surface area contributed by atoms with Gasteiger partial charge in [-0.25, -0.2) is 15.0 Å². The number of pyridine rings is 1. The maximum absolute atomic E-state index is 5.44. The van der Waals surface area contributed by atoms with E-state index in [0.29, 0.717) is 13.3 Å². The molecule has 1 aliphatic rings. The number of nitrogens with zero attached hydrogens (tertiary/aromatic N) is 4. The molecule has 0 atom stereocenters. The summed E-state index contributed by atoms with van der Waals surface area (Å²) in [6.07, 6.45) is 8.00. The fraction of sp³-hybridized carbons (Fsp3) is 0.286. The van der Waals surface area contributed by atoms with Crippen LogP contribution in [0.5, 0.6) is 11.5 Å². The Balaban J connectivity index is 0.00000256. The number of guanidine groups is 1. The molecule has 0 saturated carbocycles. The lowest BCUT2D eigenvalue weighted by molar-refractivity contribution is 0.174. The van der Waals surface area contributed by atoms with Crippen molar-refractivity contribution in [1.82, 2.24) is 25.2 Å². The fourth-order valence-electron chi connectivity index (χ4n) is 3.03. The quantitative estimate of drug-likeness (QED) is 0.283. The van der Waals surface area contributed by atoms with Gasteiger partial charge in [0.2, 0.25) is 6.79 Å². The zero-order chi connectivity index (χ0) is 19.9. The Morgan fingerprint density at radius 1 is 1.10 bits per heavy atom. The molecule has 0 bridgehead atoms. The number of imidazole rings is 1. The van der Waals surface area contributed by atoms with Crippen LogP contribution in [0.4, 0.5) is 0 Å². The summed E-state index contributed by atoms with van der Waals surface area (Å²) in [7, 11) is 0. The molecule has 1 aromatic carbocycles. The SMILES string of the molecule is CCNC(=NCc1ccnc(-n2ccnc2)c1)NCCc1ccc2c(c1)OCO2.I. The number of ether oxygens (including phenoxy) is 2. The first-order valence-corrected chi connectivity index (χ1v) is 9.66. The maximum Gasteiger partial charge on any atom is 0.231 e. The van der Waals surface area contributed by atoms with Crippen molar-refractivity contribution in [2.24, 2.45) is 4.99 Å². The van der Waals surface area contributed by atoms with Crippen molar-refractivity contribution in [3.05, 3.63) is 66.4 Å². The molecule has 0 fully saturated rings. The van der Waals surface area contributed by atoms with E-state index in [1.54, 1.807) is 18.7 Å². The zero-order valence-corrected chi connectivity index (χ0v) is 19.1. The van der Waals surface area contributed by atoms with Gasteiger partial charge in [0.1, 0.15) is 12.1 Å². The minimum Gasteiger partial charge on any atom is -0.454 e. The monoisotopic (exact) mass is 520 g/mol. The van der Waals surface area contributed by atoms with Gasteiger partial charge in [-0.2, -0.15) is 0 Å². The minimum absolute atomic E-state index is 0. The largest absolute Gasteiger partial charge is 0.454 e. The third kappa shape index (κ3) is 5.62. The number of halogens is 1. The molecule has 30 heavy (non-hydrogen) atoms. The molecule has 3 aromatic rings. The van der Waals surface area contributed by atoms with Crippen LogP contribution in [0.3, 0.4) is 0 Å². The molecule has 3 heterocycles. The molecule has 9 heteroatoms. The Kier molecular flexibility index (Phi) is 7.89. The van der Waals surface area contributed by atoms with Crippen LogP contribution in [0.1, 0.15) is 18.1 Å². The number of fused-ring (bicyclic) bond motifs is 1. The molecular weight excluding hydrogens is 495 g/mol. The molecule has 0 aliphatic carbocycles. The van der Waals surface area contributed by atoms with Crippen LogP contribution in [0.2, 0.25) is 0 Å². The number of aliphatic imine (C=N–C) groups is 1. The fourth-order valence-corrected chi connectivity index (χ4v) is 3.03. The zero-order valence-electron chi connectivity index (χ0n) is 16.7. The third-order valence-corrected chi connectivity index (χ3v) is 4.49. The Hall–Kier alpha value is -2.82. The standard InChI is InChI=1S/C21H24N6O2.HI/c1-2-23-21(25-8-5-16-3-4-18-19(11-16)29-15-28-18)26-13-17-6-7-24-20(12-17)27-10-9-22-14-27;/h3-4,6-7,9-12,14H,2,5,8,13,15H2,1H3,(H2,23,25,26);1H. The molecular formula is C21H25IN6O2. The molecule has 0 spiro atoms. The second kappa shape index (κ2) is 10.8. The average molecular weight is 520 g/mol. The Labute approximate surface area is 192 Å². The van der Waals surface area contributed by atoms with Crippen LogP contribution >= 0.6 is 24.0 Å². The molecule has 4 rings (SSSR count). The van der Waals surface area contributed by atoms with Gasteiger partial charge in [0.15, 0.2) is 17.5 Å². The van der Waals surface area contributed by atoms with Crippen LogP contribution < -0.4 is 20.1 Å². The van der Waals surface area contributed by atoms with Crippen LogP contribution in [-0.4, -0.2) is 40.4 Å². The van der Waals surface area contributed by atoms with Crippen molar-refractivity contribution in [2.75, 3.05) is 19.9 Å². The van der Waals surface area contributed by atoms with Gasteiger partial charge in [-0.1, -0.05) is 6.07 Å². The van der Waals surface area contributed by atoms with E-state index in [0.717, 1.165) is 48.4 Å². The lowest BCUT2D eigenvalue weighted by Crippen LogP contribution is -2.38. The van der Waals surface area contributed by atoms with Crippen molar-refractivity contribution in [3.63, 3.8) is 0 Å². The Bertz CT molecular complexity index is 977. The number of hydrogen-bond acceptors (Lipinski definition) is 5. The number of nitrogens with one attached hydrogen (secondary N) is 2. The topological polar surface area (TPSA) is 85.6 Å². The van der Waals surface area contributed by atoms with Crippen LogP contribution in [-0.2, 0) is 13.0 Å². The Morgan fingerprint density at radius 2 is 2.00 bits per heavy atom. The van der Waals surface area contributed by atoms with E-state index in [4.69, 9.17) is 14.5 Å². The molecule has 2 N–H and O–H groups in total. The molecule has 0 saturated heterocycles. The van der Waals surface area contributed by atoms with Gasteiger partial charge < -0.3 is 20.1 Å². The van der Waals surface area contributed by atoms with Gasteiger partial charge in [-0.05, 0) is 48.7 Å². The molecule has 0 unspecified atom stereocenters. The van der Waals surface area contributed by atoms with Crippen LogP contribution in [0.15, 0.2) is 60.2 Å². The first-order chi connectivity index (χ1) is 14.3. The van der Waals surface area contributed by atoms with Crippen molar-refractivity contribution in [2.45, 2.75) is 19.9 Å². The molecule has 0 radical (unpaired) electrons. The highest BCUT2D eigenvalue weighted by Gasteiger charge is 2.13. The molecule has 158 valence electrons. The van der Waals surface area contributed by atoms with Gasteiger partial charge in [0.25, 0.3) is 0 Å².